The highest BCUT2D eigenvalue weighted by Gasteiger charge is 2.08. The molecule has 0 fully saturated rings. The standard InChI is InChI=1S/C17H19N7/c1-12-10-16(24-17(21-12)19-11-20-24)18-9-5-8-15-22-13-6-3-4-7-14(13)23(15)2/h3-4,6-7,10-11,18H,5,8-9H2,1-2H3. The van der Waals surface area contributed by atoms with E-state index < -0.39 is 0 Å². The normalized spacial score (nSPS) is 11.4. The number of rotatable bonds is 5. The zero-order valence-electron chi connectivity index (χ0n) is 13.8. The smallest absolute Gasteiger partial charge is 0.254 e. The Morgan fingerprint density at radius 2 is 2.04 bits per heavy atom. The van der Waals surface area contributed by atoms with Gasteiger partial charge in [-0.1, -0.05) is 12.1 Å². The molecule has 7 nitrogen and oxygen atoms in total. The lowest BCUT2D eigenvalue weighted by Gasteiger charge is -2.08. The SMILES string of the molecule is Cc1cc(NCCCc2nc3ccccc3n2C)n2ncnc2n1. The first-order valence-corrected chi connectivity index (χ1v) is 8.04. The number of hydrogen-bond donors (Lipinski definition) is 1. The van der Waals surface area contributed by atoms with Crippen LogP contribution in [-0.4, -0.2) is 35.7 Å². The van der Waals surface area contributed by atoms with Crippen molar-refractivity contribution >= 4 is 22.6 Å². The highest BCUT2D eigenvalue weighted by atomic mass is 15.3. The molecule has 1 aromatic carbocycles. The van der Waals surface area contributed by atoms with Crippen molar-refractivity contribution < 1.29 is 0 Å². The van der Waals surface area contributed by atoms with E-state index in [2.05, 4.69) is 44.1 Å². The van der Waals surface area contributed by atoms with Gasteiger partial charge >= 0.3 is 0 Å². The quantitative estimate of drug-likeness (QED) is 0.571. The largest absolute Gasteiger partial charge is 0.370 e. The maximum atomic E-state index is 4.71. The van der Waals surface area contributed by atoms with Gasteiger partial charge in [0.25, 0.3) is 5.78 Å². The zero-order chi connectivity index (χ0) is 16.5. The highest BCUT2D eigenvalue weighted by molar-refractivity contribution is 5.75. The molecule has 0 unspecified atom stereocenters. The van der Waals surface area contributed by atoms with Crippen molar-refractivity contribution in [2.45, 2.75) is 19.8 Å². The Hall–Kier alpha value is -2.96. The van der Waals surface area contributed by atoms with E-state index in [1.165, 1.54) is 11.8 Å². The van der Waals surface area contributed by atoms with Crippen LogP contribution in [-0.2, 0) is 13.5 Å². The molecule has 0 aliphatic carbocycles. The second kappa shape index (κ2) is 5.92. The van der Waals surface area contributed by atoms with Gasteiger partial charge in [0.05, 0.1) is 11.0 Å². The van der Waals surface area contributed by atoms with Gasteiger partial charge in [-0.15, -0.1) is 0 Å². The number of imidazole rings is 1. The molecule has 0 spiro atoms. The Kier molecular flexibility index (Phi) is 3.60. The third-order valence-electron chi connectivity index (χ3n) is 4.14. The van der Waals surface area contributed by atoms with Crippen LogP contribution in [0.5, 0.6) is 0 Å². The van der Waals surface area contributed by atoms with Crippen molar-refractivity contribution in [3.8, 4) is 0 Å². The third kappa shape index (κ3) is 2.58. The van der Waals surface area contributed by atoms with Crippen LogP contribution in [0.2, 0.25) is 0 Å². The van der Waals surface area contributed by atoms with Crippen molar-refractivity contribution in [2.24, 2.45) is 7.05 Å². The Balaban J connectivity index is 1.43. The first-order chi connectivity index (χ1) is 11.7. The average Bonchev–Trinajstić information content (AvgIpc) is 3.17. The van der Waals surface area contributed by atoms with Crippen LogP contribution in [0.15, 0.2) is 36.7 Å². The molecule has 3 aromatic heterocycles. The van der Waals surface area contributed by atoms with Crippen LogP contribution < -0.4 is 5.32 Å². The Morgan fingerprint density at radius 3 is 2.92 bits per heavy atom. The number of aryl methyl sites for hydroxylation is 3. The van der Waals surface area contributed by atoms with E-state index in [0.717, 1.165) is 42.2 Å². The summed E-state index contributed by atoms with van der Waals surface area (Å²) in [5.41, 5.74) is 3.15. The van der Waals surface area contributed by atoms with E-state index in [1.54, 1.807) is 4.52 Å². The molecular weight excluding hydrogens is 302 g/mol. The molecule has 4 aromatic rings. The average molecular weight is 321 g/mol. The van der Waals surface area contributed by atoms with Gasteiger partial charge in [-0.2, -0.15) is 14.6 Å². The molecule has 0 radical (unpaired) electrons. The van der Waals surface area contributed by atoms with E-state index in [9.17, 15) is 0 Å². The second-order valence-electron chi connectivity index (χ2n) is 5.86. The molecule has 0 bridgehead atoms. The fourth-order valence-corrected chi connectivity index (χ4v) is 2.94. The van der Waals surface area contributed by atoms with Gasteiger partial charge < -0.3 is 9.88 Å². The second-order valence-corrected chi connectivity index (χ2v) is 5.86. The monoisotopic (exact) mass is 321 g/mol. The van der Waals surface area contributed by atoms with Crippen LogP contribution in [0.25, 0.3) is 16.8 Å². The van der Waals surface area contributed by atoms with Crippen molar-refractivity contribution in [1.82, 2.24) is 29.1 Å². The van der Waals surface area contributed by atoms with E-state index in [1.807, 2.05) is 25.1 Å². The van der Waals surface area contributed by atoms with Gasteiger partial charge in [-0.3, -0.25) is 0 Å². The Labute approximate surface area is 139 Å². The summed E-state index contributed by atoms with van der Waals surface area (Å²) < 4.78 is 3.89. The molecule has 4 rings (SSSR count). The predicted octanol–water partition coefficient (Wildman–Crippen LogP) is 2.36. The van der Waals surface area contributed by atoms with Crippen LogP contribution in [0.4, 0.5) is 5.82 Å². The van der Waals surface area contributed by atoms with Gasteiger partial charge in [0, 0.05) is 31.8 Å². The Morgan fingerprint density at radius 1 is 1.17 bits per heavy atom. The number of aromatic nitrogens is 6. The van der Waals surface area contributed by atoms with E-state index in [0.29, 0.717) is 5.78 Å². The molecule has 24 heavy (non-hydrogen) atoms. The summed E-state index contributed by atoms with van der Waals surface area (Å²) in [6, 6.07) is 10.2. The molecule has 0 aliphatic heterocycles. The zero-order valence-corrected chi connectivity index (χ0v) is 13.8. The van der Waals surface area contributed by atoms with Crippen molar-refractivity contribution in [1.29, 1.82) is 0 Å². The lowest BCUT2D eigenvalue weighted by molar-refractivity contribution is 0.749. The summed E-state index contributed by atoms with van der Waals surface area (Å²) in [5.74, 6) is 2.64. The van der Waals surface area contributed by atoms with E-state index >= 15 is 0 Å². The topological polar surface area (TPSA) is 72.9 Å². The Bertz CT molecular complexity index is 999. The first-order valence-electron chi connectivity index (χ1n) is 8.04. The van der Waals surface area contributed by atoms with Crippen molar-refractivity contribution in [2.75, 3.05) is 11.9 Å². The lowest BCUT2D eigenvalue weighted by atomic mass is 10.3. The number of fused-ring (bicyclic) bond motifs is 2. The number of benzene rings is 1. The van der Waals surface area contributed by atoms with Gasteiger partial charge in [0.2, 0.25) is 0 Å². The number of hydrogen-bond acceptors (Lipinski definition) is 5. The predicted molar refractivity (Wildman–Crippen MR) is 93.0 cm³/mol. The molecule has 0 aliphatic rings. The maximum absolute atomic E-state index is 4.71. The van der Waals surface area contributed by atoms with Gasteiger partial charge in [0.1, 0.15) is 18.0 Å². The molecule has 7 heteroatoms. The van der Waals surface area contributed by atoms with Crippen molar-refractivity contribution in [3.05, 3.63) is 48.2 Å². The van der Waals surface area contributed by atoms with Crippen LogP contribution in [0.3, 0.4) is 0 Å². The van der Waals surface area contributed by atoms with Gasteiger partial charge in [-0.05, 0) is 25.5 Å². The highest BCUT2D eigenvalue weighted by Crippen LogP contribution is 2.15. The van der Waals surface area contributed by atoms with Gasteiger partial charge in [0.15, 0.2) is 0 Å². The molecule has 0 saturated heterocycles. The first kappa shape index (κ1) is 14.6. The fourth-order valence-electron chi connectivity index (χ4n) is 2.94. The summed E-state index contributed by atoms with van der Waals surface area (Å²) in [6.07, 6.45) is 3.42. The fraction of sp³-hybridized carbons (Fsp3) is 0.294. The van der Waals surface area contributed by atoms with E-state index in [4.69, 9.17) is 4.98 Å². The van der Waals surface area contributed by atoms with Crippen molar-refractivity contribution in [3.63, 3.8) is 0 Å². The molecule has 3 heterocycles. The van der Waals surface area contributed by atoms with Crippen LogP contribution in [0, 0.1) is 6.92 Å². The van der Waals surface area contributed by atoms with Crippen LogP contribution >= 0.6 is 0 Å². The van der Waals surface area contributed by atoms with Gasteiger partial charge in [-0.25, -0.2) is 9.97 Å². The maximum Gasteiger partial charge on any atom is 0.254 e. The molecule has 122 valence electrons. The molecule has 1 N–H and O–H groups in total. The minimum atomic E-state index is 0.618. The molecule has 0 amide bonds. The summed E-state index contributed by atoms with van der Waals surface area (Å²) in [6.45, 7) is 2.79. The minimum Gasteiger partial charge on any atom is -0.370 e. The number of nitrogens with zero attached hydrogens (tertiary/aromatic N) is 6. The number of nitrogens with one attached hydrogen (secondary N) is 1. The molecule has 0 saturated carbocycles. The van der Waals surface area contributed by atoms with Crippen LogP contribution in [0.1, 0.15) is 17.9 Å². The minimum absolute atomic E-state index is 0.618. The lowest BCUT2D eigenvalue weighted by Crippen LogP contribution is -2.10. The summed E-state index contributed by atoms with van der Waals surface area (Å²) in [5, 5.41) is 7.63. The third-order valence-corrected chi connectivity index (χ3v) is 4.14. The summed E-state index contributed by atoms with van der Waals surface area (Å²) >= 11 is 0. The summed E-state index contributed by atoms with van der Waals surface area (Å²) in [7, 11) is 2.07. The number of anilines is 1. The van der Waals surface area contributed by atoms with E-state index in [-0.39, 0.29) is 0 Å². The molecular formula is C17H19N7. The summed E-state index contributed by atoms with van der Waals surface area (Å²) in [4.78, 5) is 13.2. The molecule has 0 atom stereocenters. The number of para-hydroxylation sites is 2.